The molecule has 0 aliphatic carbocycles. The van der Waals surface area contributed by atoms with Gasteiger partial charge < -0.3 is 15.3 Å². The molecule has 0 bridgehead atoms. The lowest BCUT2D eigenvalue weighted by atomic mass is 9.86. The number of benzene rings is 1. The summed E-state index contributed by atoms with van der Waals surface area (Å²) in [4.78, 5) is 23.3. The fraction of sp³-hybridized carbons (Fsp3) is 0.333. The molecule has 1 fully saturated rings. The summed E-state index contributed by atoms with van der Waals surface area (Å²) in [6.07, 6.45) is 4.43. The summed E-state index contributed by atoms with van der Waals surface area (Å²) in [6, 6.07) is 9.41. The number of carbonyl (C=O) groups is 1. The minimum absolute atomic E-state index is 0.147. The second-order valence-electron chi connectivity index (χ2n) is 7.45. The topological polar surface area (TPSA) is 107 Å². The molecule has 0 unspecified atom stereocenters. The van der Waals surface area contributed by atoms with Gasteiger partial charge in [-0.3, -0.25) is 9.89 Å². The van der Waals surface area contributed by atoms with Crippen LogP contribution in [0.25, 0.3) is 0 Å². The van der Waals surface area contributed by atoms with Crippen LogP contribution in [0.5, 0.6) is 0 Å². The van der Waals surface area contributed by atoms with E-state index in [1.54, 1.807) is 11.1 Å². The number of rotatable bonds is 6. The molecule has 0 spiro atoms. The highest BCUT2D eigenvalue weighted by Crippen LogP contribution is 2.32. The number of aliphatic hydroxyl groups is 1. The summed E-state index contributed by atoms with van der Waals surface area (Å²) in [7, 11) is 0. The highest BCUT2D eigenvalue weighted by molar-refractivity contribution is 5.92. The summed E-state index contributed by atoms with van der Waals surface area (Å²) in [6.45, 7) is 4.93. The minimum atomic E-state index is -1.01. The first-order valence-corrected chi connectivity index (χ1v) is 9.60. The normalized spacial score (nSPS) is 15.1. The van der Waals surface area contributed by atoms with Crippen LogP contribution in [0.4, 0.5) is 5.82 Å². The smallest absolute Gasteiger partial charge is 0.291 e. The number of aryl methyl sites for hydroxylation is 1. The molecule has 3 N–H and O–H groups in total. The standard InChI is InChI=1S/C21H24N6O2/c1-14-15(2)25-19(26-18(14)22-9-8-16-10-23-24-11-16)20(28)27-12-21(29,13-27)17-6-4-3-5-7-17/h3-7,10-11,29H,8-9,12-13H2,1-2H3,(H,23,24)(H,22,25,26). The van der Waals surface area contributed by atoms with E-state index in [1.807, 2.05) is 50.4 Å². The predicted octanol–water partition coefficient (Wildman–Crippen LogP) is 1.81. The first kappa shape index (κ1) is 19.1. The van der Waals surface area contributed by atoms with E-state index in [1.165, 1.54) is 0 Å². The van der Waals surface area contributed by atoms with E-state index in [4.69, 9.17) is 0 Å². The Bertz CT molecular complexity index is 998. The van der Waals surface area contributed by atoms with Gasteiger partial charge >= 0.3 is 0 Å². The number of anilines is 1. The van der Waals surface area contributed by atoms with Gasteiger partial charge in [-0.15, -0.1) is 0 Å². The third-order valence-corrected chi connectivity index (χ3v) is 5.34. The van der Waals surface area contributed by atoms with Gasteiger partial charge in [0.1, 0.15) is 11.4 Å². The maximum Gasteiger partial charge on any atom is 0.291 e. The van der Waals surface area contributed by atoms with Gasteiger partial charge in [0.2, 0.25) is 5.82 Å². The van der Waals surface area contributed by atoms with Crippen molar-refractivity contribution in [1.82, 2.24) is 25.1 Å². The Morgan fingerprint density at radius 3 is 2.69 bits per heavy atom. The van der Waals surface area contributed by atoms with Gasteiger partial charge in [-0.05, 0) is 31.4 Å². The van der Waals surface area contributed by atoms with Gasteiger partial charge in [0.15, 0.2) is 0 Å². The SMILES string of the molecule is Cc1nc(C(=O)N2CC(O)(c3ccccc3)C2)nc(NCCc2cn[nH]c2)c1C. The molecule has 1 aliphatic rings. The van der Waals surface area contributed by atoms with E-state index in [2.05, 4.69) is 25.5 Å². The van der Waals surface area contributed by atoms with E-state index in [-0.39, 0.29) is 24.8 Å². The van der Waals surface area contributed by atoms with Gasteiger partial charge in [0.25, 0.3) is 5.91 Å². The van der Waals surface area contributed by atoms with Crippen molar-refractivity contribution in [3.63, 3.8) is 0 Å². The fourth-order valence-electron chi connectivity index (χ4n) is 3.44. The number of hydrogen-bond donors (Lipinski definition) is 3. The predicted molar refractivity (Wildman–Crippen MR) is 109 cm³/mol. The molecule has 1 saturated heterocycles. The summed E-state index contributed by atoms with van der Waals surface area (Å²) >= 11 is 0. The molecular formula is C21H24N6O2. The van der Waals surface area contributed by atoms with Crippen LogP contribution in [0.15, 0.2) is 42.7 Å². The molecule has 0 saturated carbocycles. The van der Waals surface area contributed by atoms with Gasteiger partial charge in [0.05, 0.1) is 19.3 Å². The molecule has 1 amide bonds. The Balaban J connectivity index is 1.44. The zero-order chi connectivity index (χ0) is 20.4. The Morgan fingerprint density at radius 2 is 2.00 bits per heavy atom. The molecular weight excluding hydrogens is 368 g/mol. The van der Waals surface area contributed by atoms with Crippen molar-refractivity contribution in [1.29, 1.82) is 0 Å². The molecule has 1 aliphatic heterocycles. The number of aromatic amines is 1. The highest BCUT2D eigenvalue weighted by atomic mass is 16.3. The zero-order valence-corrected chi connectivity index (χ0v) is 16.5. The lowest BCUT2D eigenvalue weighted by Gasteiger charge is -2.46. The second-order valence-corrected chi connectivity index (χ2v) is 7.45. The van der Waals surface area contributed by atoms with Crippen molar-refractivity contribution in [3.05, 3.63) is 70.9 Å². The monoisotopic (exact) mass is 392 g/mol. The Morgan fingerprint density at radius 1 is 1.24 bits per heavy atom. The van der Waals surface area contributed by atoms with E-state index in [9.17, 15) is 9.90 Å². The number of nitrogens with zero attached hydrogens (tertiary/aromatic N) is 4. The molecule has 0 atom stereocenters. The number of aromatic nitrogens is 4. The van der Waals surface area contributed by atoms with Crippen molar-refractivity contribution in [3.8, 4) is 0 Å². The van der Waals surface area contributed by atoms with Crippen molar-refractivity contribution >= 4 is 11.7 Å². The number of amides is 1. The van der Waals surface area contributed by atoms with Crippen molar-refractivity contribution < 1.29 is 9.90 Å². The van der Waals surface area contributed by atoms with E-state index < -0.39 is 5.60 Å². The summed E-state index contributed by atoms with van der Waals surface area (Å²) in [5.41, 5.74) is 2.57. The van der Waals surface area contributed by atoms with Crippen LogP contribution in [0.1, 0.15) is 33.0 Å². The van der Waals surface area contributed by atoms with Crippen LogP contribution in [-0.2, 0) is 12.0 Å². The molecule has 3 heterocycles. The first-order valence-electron chi connectivity index (χ1n) is 9.60. The van der Waals surface area contributed by atoms with E-state index >= 15 is 0 Å². The minimum Gasteiger partial charge on any atom is -0.381 e. The van der Waals surface area contributed by atoms with Crippen molar-refractivity contribution in [2.75, 3.05) is 25.0 Å². The van der Waals surface area contributed by atoms with Crippen LogP contribution >= 0.6 is 0 Å². The largest absolute Gasteiger partial charge is 0.381 e. The van der Waals surface area contributed by atoms with Crippen molar-refractivity contribution in [2.45, 2.75) is 25.9 Å². The van der Waals surface area contributed by atoms with Crippen LogP contribution in [0.2, 0.25) is 0 Å². The first-order chi connectivity index (χ1) is 14.0. The number of hydrogen-bond acceptors (Lipinski definition) is 6. The number of carbonyl (C=O) groups excluding carboxylic acids is 1. The quantitative estimate of drug-likeness (QED) is 0.591. The van der Waals surface area contributed by atoms with Crippen LogP contribution in [0.3, 0.4) is 0 Å². The molecule has 3 aromatic rings. The maximum atomic E-state index is 12.9. The van der Waals surface area contributed by atoms with Crippen LogP contribution in [-0.4, -0.2) is 55.7 Å². The Labute approximate surface area is 169 Å². The Hall–Kier alpha value is -3.26. The highest BCUT2D eigenvalue weighted by Gasteiger charge is 2.45. The summed E-state index contributed by atoms with van der Waals surface area (Å²) in [5.74, 6) is 0.531. The number of β-amino-alcohol motifs (C(OH)–C–C–N with tert-alkyl or cyclic N) is 1. The van der Waals surface area contributed by atoms with E-state index in [0.29, 0.717) is 12.4 Å². The zero-order valence-electron chi connectivity index (χ0n) is 16.5. The Kier molecular flexibility index (Phi) is 5.02. The third kappa shape index (κ3) is 3.84. The average molecular weight is 392 g/mol. The van der Waals surface area contributed by atoms with Crippen molar-refractivity contribution in [2.24, 2.45) is 0 Å². The van der Waals surface area contributed by atoms with Gasteiger partial charge in [-0.25, -0.2) is 9.97 Å². The molecule has 8 heteroatoms. The molecule has 150 valence electrons. The molecule has 8 nitrogen and oxygen atoms in total. The van der Waals surface area contributed by atoms with Gasteiger partial charge in [-0.1, -0.05) is 30.3 Å². The second kappa shape index (κ2) is 7.63. The van der Waals surface area contributed by atoms with Gasteiger partial charge in [-0.2, -0.15) is 5.10 Å². The number of likely N-dealkylation sites (tertiary alicyclic amines) is 1. The average Bonchev–Trinajstić information content (AvgIpc) is 3.22. The summed E-state index contributed by atoms with van der Waals surface area (Å²) < 4.78 is 0. The summed E-state index contributed by atoms with van der Waals surface area (Å²) in [5, 5.41) is 20.8. The van der Waals surface area contributed by atoms with E-state index in [0.717, 1.165) is 28.8 Å². The lowest BCUT2D eigenvalue weighted by molar-refractivity contribution is -0.0867. The number of H-pyrrole nitrogens is 1. The lowest BCUT2D eigenvalue weighted by Crippen LogP contribution is -2.61. The van der Waals surface area contributed by atoms with Gasteiger partial charge in [0, 0.05) is 24.0 Å². The molecule has 4 rings (SSSR count). The molecule has 0 radical (unpaired) electrons. The molecule has 29 heavy (non-hydrogen) atoms. The number of nitrogens with one attached hydrogen (secondary N) is 2. The van der Waals surface area contributed by atoms with Crippen LogP contribution < -0.4 is 5.32 Å². The third-order valence-electron chi connectivity index (χ3n) is 5.34. The fourth-order valence-corrected chi connectivity index (χ4v) is 3.44. The van der Waals surface area contributed by atoms with Crippen LogP contribution in [0, 0.1) is 13.8 Å². The maximum absolute atomic E-state index is 12.9. The molecule has 1 aromatic carbocycles. The molecule has 2 aromatic heterocycles.